The van der Waals surface area contributed by atoms with Crippen LogP contribution in [0.2, 0.25) is 0 Å². The van der Waals surface area contributed by atoms with E-state index in [1.807, 2.05) is 21.0 Å². The van der Waals surface area contributed by atoms with E-state index in [4.69, 9.17) is 9.47 Å². The van der Waals surface area contributed by atoms with Gasteiger partial charge in [-0.1, -0.05) is 17.7 Å². The van der Waals surface area contributed by atoms with Gasteiger partial charge in [-0.2, -0.15) is 4.31 Å². The summed E-state index contributed by atoms with van der Waals surface area (Å²) in [4.78, 5) is 14.6. The molecule has 4 atom stereocenters. The topological polar surface area (TPSA) is 108 Å². The van der Waals surface area contributed by atoms with Crippen LogP contribution in [0, 0.1) is 6.92 Å². The number of nitrogens with one attached hydrogen (secondary N) is 1. The second-order valence-electron chi connectivity index (χ2n) is 9.23. The Morgan fingerprint density at radius 1 is 1.21 bits per heavy atom. The fourth-order valence-corrected chi connectivity index (χ4v) is 6.04. The molecule has 186 valence electrons. The van der Waals surface area contributed by atoms with Gasteiger partial charge in [0.25, 0.3) is 0 Å². The van der Waals surface area contributed by atoms with E-state index in [9.17, 15) is 18.3 Å². The third-order valence-corrected chi connectivity index (χ3v) is 7.98. The zero-order chi connectivity index (χ0) is 24.0. The molecule has 1 aromatic carbocycles. The van der Waals surface area contributed by atoms with Gasteiger partial charge in [-0.25, -0.2) is 8.42 Å². The number of benzene rings is 1. The van der Waals surface area contributed by atoms with Gasteiger partial charge in [0, 0.05) is 13.1 Å². The molecule has 2 N–H and O–H groups in total. The van der Waals surface area contributed by atoms with E-state index >= 15 is 0 Å². The molecule has 0 bridgehead atoms. The maximum absolute atomic E-state index is 13.5. The zero-order valence-electron chi connectivity index (χ0n) is 19.8. The average Bonchev–Trinajstić information content (AvgIpc) is 2.74. The van der Waals surface area contributed by atoms with Crippen LogP contribution in [-0.4, -0.2) is 99.9 Å². The Kier molecular flexibility index (Phi) is 9.25. The molecule has 2 aliphatic heterocycles. The quantitative estimate of drug-likeness (QED) is 0.525. The summed E-state index contributed by atoms with van der Waals surface area (Å²) in [6.07, 6.45) is 0.481. The fourth-order valence-electron chi connectivity index (χ4n) is 4.32. The first-order valence-electron chi connectivity index (χ1n) is 11.6. The normalized spacial score (nSPS) is 26.9. The Morgan fingerprint density at radius 2 is 1.94 bits per heavy atom. The lowest BCUT2D eigenvalue weighted by Crippen LogP contribution is -2.57. The number of aliphatic hydroxyl groups is 1. The number of rotatable bonds is 8. The van der Waals surface area contributed by atoms with Crippen molar-refractivity contribution in [3.8, 4) is 0 Å². The van der Waals surface area contributed by atoms with E-state index in [1.165, 1.54) is 4.31 Å². The summed E-state index contributed by atoms with van der Waals surface area (Å²) in [5.41, 5.74) is 0.969. The van der Waals surface area contributed by atoms with E-state index in [0.29, 0.717) is 19.4 Å². The number of sulfonamides is 1. The number of β-amino-alcohol motifs (C(OH)–C–C–N with tert-alkyl or cyclic N) is 1. The van der Waals surface area contributed by atoms with Crippen LogP contribution >= 0.6 is 0 Å². The van der Waals surface area contributed by atoms with Crippen molar-refractivity contribution in [3.05, 3.63) is 29.8 Å². The molecule has 0 aliphatic carbocycles. The number of aryl methyl sites for hydroxylation is 1. The van der Waals surface area contributed by atoms with E-state index in [1.54, 1.807) is 24.3 Å². The van der Waals surface area contributed by atoms with Gasteiger partial charge in [-0.05, 0) is 59.0 Å². The maximum atomic E-state index is 13.5. The molecule has 2 saturated heterocycles. The molecule has 9 nitrogen and oxygen atoms in total. The molecule has 1 amide bonds. The summed E-state index contributed by atoms with van der Waals surface area (Å²) >= 11 is 0. The summed E-state index contributed by atoms with van der Waals surface area (Å²) in [5, 5.41) is 13.2. The van der Waals surface area contributed by atoms with Crippen molar-refractivity contribution in [1.82, 2.24) is 14.5 Å². The van der Waals surface area contributed by atoms with Crippen LogP contribution in [0.5, 0.6) is 0 Å². The second-order valence-corrected chi connectivity index (χ2v) is 11.1. The number of hydrogen-bond donors (Lipinski definition) is 2. The van der Waals surface area contributed by atoms with Crippen molar-refractivity contribution in [3.63, 3.8) is 0 Å². The van der Waals surface area contributed by atoms with Gasteiger partial charge in [-0.15, -0.1) is 0 Å². The number of carbonyl (C=O) groups excluding carboxylic acids is 1. The van der Waals surface area contributed by atoms with Crippen LogP contribution in [-0.2, 0) is 24.3 Å². The predicted molar refractivity (Wildman–Crippen MR) is 124 cm³/mol. The molecule has 0 spiro atoms. The van der Waals surface area contributed by atoms with Crippen molar-refractivity contribution in [2.75, 3.05) is 46.9 Å². The minimum absolute atomic E-state index is 0.0313. The Balaban J connectivity index is 1.67. The van der Waals surface area contributed by atoms with Crippen LogP contribution in [0.25, 0.3) is 0 Å². The number of fused-ring (bicyclic) bond motifs is 1. The standard InChI is InChI=1S/C23H37N3O6S/c1-17-5-8-20(9-6-17)33(29,30)26-14-18(27)15-31-16-22-21(26)10-7-19(32-22)13-23(28)24-11-4-12-25(2)3/h5-6,8-9,18-19,21-22,27H,4,7,10-16H2,1-3H3,(H,24,28)/t18-,19+,21-,22+/m0/s1. The van der Waals surface area contributed by atoms with Gasteiger partial charge in [0.05, 0.1) is 48.9 Å². The Labute approximate surface area is 197 Å². The number of ether oxygens (including phenoxy) is 2. The highest BCUT2D eigenvalue weighted by molar-refractivity contribution is 7.89. The highest BCUT2D eigenvalue weighted by atomic mass is 32.2. The number of hydrogen-bond acceptors (Lipinski definition) is 7. The van der Waals surface area contributed by atoms with Crippen molar-refractivity contribution < 1.29 is 27.8 Å². The summed E-state index contributed by atoms with van der Waals surface area (Å²) < 4.78 is 40.1. The first kappa shape index (κ1) is 26.1. The van der Waals surface area contributed by atoms with Crippen LogP contribution in [0.15, 0.2) is 29.2 Å². The van der Waals surface area contributed by atoms with Crippen molar-refractivity contribution in [1.29, 1.82) is 0 Å². The molecular formula is C23H37N3O6S. The third kappa shape index (κ3) is 7.21. The average molecular weight is 484 g/mol. The van der Waals surface area contributed by atoms with Crippen LogP contribution in [0.4, 0.5) is 0 Å². The van der Waals surface area contributed by atoms with E-state index < -0.39 is 28.3 Å². The summed E-state index contributed by atoms with van der Waals surface area (Å²) in [7, 11) is 0.155. The minimum atomic E-state index is -3.83. The molecule has 0 saturated carbocycles. The van der Waals surface area contributed by atoms with Gasteiger partial charge >= 0.3 is 0 Å². The molecule has 3 rings (SSSR count). The summed E-state index contributed by atoms with van der Waals surface area (Å²) in [6.45, 7) is 3.55. The van der Waals surface area contributed by atoms with Crippen molar-refractivity contribution >= 4 is 15.9 Å². The number of amides is 1. The van der Waals surface area contributed by atoms with Crippen LogP contribution in [0.1, 0.15) is 31.2 Å². The SMILES string of the molecule is Cc1ccc(S(=O)(=O)N2C[C@H](O)COC[C@H]3O[C@@H](CC(=O)NCCCN(C)C)CC[C@@H]32)cc1. The van der Waals surface area contributed by atoms with Crippen molar-refractivity contribution in [2.45, 2.75) is 61.9 Å². The van der Waals surface area contributed by atoms with Gasteiger partial charge in [-0.3, -0.25) is 4.79 Å². The van der Waals surface area contributed by atoms with Crippen LogP contribution < -0.4 is 5.32 Å². The predicted octanol–water partition coefficient (Wildman–Crippen LogP) is 0.751. The monoisotopic (exact) mass is 483 g/mol. The molecule has 2 aliphatic rings. The number of nitrogens with zero attached hydrogens (tertiary/aromatic N) is 2. The fraction of sp³-hybridized carbons (Fsp3) is 0.696. The molecule has 0 aromatic heterocycles. The molecule has 2 heterocycles. The number of carbonyl (C=O) groups is 1. The Bertz CT molecular complexity index is 877. The molecule has 2 fully saturated rings. The van der Waals surface area contributed by atoms with Crippen LogP contribution in [0.3, 0.4) is 0 Å². The second kappa shape index (κ2) is 11.7. The van der Waals surface area contributed by atoms with E-state index in [2.05, 4.69) is 10.2 Å². The lowest BCUT2D eigenvalue weighted by atomic mass is 9.96. The van der Waals surface area contributed by atoms with Gasteiger partial charge in [0.1, 0.15) is 0 Å². The van der Waals surface area contributed by atoms with E-state index in [0.717, 1.165) is 18.5 Å². The smallest absolute Gasteiger partial charge is 0.243 e. The molecule has 1 aromatic rings. The first-order valence-corrected chi connectivity index (χ1v) is 13.0. The number of aliphatic hydroxyl groups excluding tert-OH is 1. The highest BCUT2D eigenvalue weighted by Gasteiger charge is 2.43. The molecule has 10 heteroatoms. The minimum Gasteiger partial charge on any atom is -0.389 e. The Morgan fingerprint density at radius 3 is 2.64 bits per heavy atom. The molecular weight excluding hydrogens is 446 g/mol. The molecule has 33 heavy (non-hydrogen) atoms. The maximum Gasteiger partial charge on any atom is 0.243 e. The van der Waals surface area contributed by atoms with Gasteiger partial charge < -0.3 is 24.8 Å². The lowest BCUT2D eigenvalue weighted by molar-refractivity contribution is -0.146. The first-order chi connectivity index (χ1) is 15.7. The summed E-state index contributed by atoms with van der Waals surface area (Å²) in [5.74, 6) is -0.0662. The summed E-state index contributed by atoms with van der Waals surface area (Å²) in [6, 6.07) is 6.24. The highest BCUT2D eigenvalue weighted by Crippen LogP contribution is 2.31. The molecule has 0 radical (unpaired) electrons. The van der Waals surface area contributed by atoms with E-state index in [-0.39, 0.29) is 43.1 Å². The van der Waals surface area contributed by atoms with Gasteiger partial charge in [0.2, 0.25) is 15.9 Å². The van der Waals surface area contributed by atoms with Gasteiger partial charge in [0.15, 0.2) is 0 Å². The molecule has 0 unspecified atom stereocenters. The third-order valence-electron chi connectivity index (χ3n) is 6.08. The lowest BCUT2D eigenvalue weighted by Gasteiger charge is -2.43. The largest absolute Gasteiger partial charge is 0.389 e. The van der Waals surface area contributed by atoms with Crippen molar-refractivity contribution in [2.24, 2.45) is 0 Å². The Hall–Kier alpha value is -1.56. The zero-order valence-corrected chi connectivity index (χ0v) is 20.6.